The quantitative estimate of drug-likeness (QED) is 0.911. The van der Waals surface area contributed by atoms with Crippen molar-refractivity contribution in [3.05, 3.63) is 60.2 Å². The number of nitrogens with zero attached hydrogens (tertiary/aromatic N) is 1. The fraction of sp³-hybridized carbons (Fsp3) is 0.278. The van der Waals surface area contributed by atoms with Crippen LogP contribution in [0.1, 0.15) is 12.5 Å². The summed E-state index contributed by atoms with van der Waals surface area (Å²) in [5.74, 6) is 0. The molecular formula is C18H20N2O3. The van der Waals surface area contributed by atoms with Gasteiger partial charge < -0.3 is 14.7 Å². The molecule has 0 aliphatic carbocycles. The van der Waals surface area contributed by atoms with Gasteiger partial charge in [-0.2, -0.15) is 0 Å². The number of benzene rings is 2. The van der Waals surface area contributed by atoms with Gasteiger partial charge in [-0.1, -0.05) is 30.3 Å². The molecular weight excluding hydrogens is 292 g/mol. The minimum absolute atomic E-state index is 0.244. The second kappa shape index (κ2) is 6.30. The van der Waals surface area contributed by atoms with E-state index in [1.807, 2.05) is 61.5 Å². The predicted molar refractivity (Wildman–Crippen MR) is 89.5 cm³/mol. The standard InChI is InChI=1S/C18H20N2O3/c1-18(22)12-20(13-18)16-9-7-15(8-10-16)19-17(21)23-11-14-5-3-2-4-6-14/h2-10,22H,11-13H2,1H3,(H,19,21). The van der Waals surface area contributed by atoms with E-state index in [9.17, 15) is 9.90 Å². The van der Waals surface area contributed by atoms with E-state index in [1.54, 1.807) is 0 Å². The van der Waals surface area contributed by atoms with Crippen LogP contribution in [0.15, 0.2) is 54.6 Å². The van der Waals surface area contributed by atoms with E-state index >= 15 is 0 Å². The third-order valence-corrected chi connectivity index (χ3v) is 3.75. The second-order valence-electron chi connectivity index (χ2n) is 6.09. The summed E-state index contributed by atoms with van der Waals surface area (Å²) in [5.41, 5.74) is 2.06. The van der Waals surface area contributed by atoms with E-state index in [-0.39, 0.29) is 6.61 Å². The summed E-state index contributed by atoms with van der Waals surface area (Å²) >= 11 is 0. The van der Waals surface area contributed by atoms with Crippen LogP contribution in [0.3, 0.4) is 0 Å². The van der Waals surface area contributed by atoms with Crippen molar-refractivity contribution in [2.45, 2.75) is 19.1 Å². The molecule has 1 aliphatic rings. The van der Waals surface area contributed by atoms with Crippen molar-refractivity contribution in [3.63, 3.8) is 0 Å². The number of hydrogen-bond acceptors (Lipinski definition) is 4. The van der Waals surface area contributed by atoms with Gasteiger partial charge in [-0.05, 0) is 36.8 Å². The van der Waals surface area contributed by atoms with Crippen LogP contribution >= 0.6 is 0 Å². The Morgan fingerprint density at radius 2 is 1.83 bits per heavy atom. The monoisotopic (exact) mass is 312 g/mol. The zero-order valence-corrected chi connectivity index (χ0v) is 13.0. The molecule has 5 heteroatoms. The molecule has 0 radical (unpaired) electrons. The van der Waals surface area contributed by atoms with Gasteiger partial charge in [-0.3, -0.25) is 5.32 Å². The van der Waals surface area contributed by atoms with Gasteiger partial charge in [-0.15, -0.1) is 0 Å². The Morgan fingerprint density at radius 1 is 1.17 bits per heavy atom. The molecule has 1 heterocycles. The lowest BCUT2D eigenvalue weighted by molar-refractivity contribution is 0.0310. The molecule has 1 aliphatic heterocycles. The molecule has 1 fully saturated rings. The molecule has 0 bridgehead atoms. The normalized spacial score (nSPS) is 15.7. The van der Waals surface area contributed by atoms with Crippen molar-refractivity contribution in [1.82, 2.24) is 0 Å². The van der Waals surface area contributed by atoms with Crippen molar-refractivity contribution in [1.29, 1.82) is 0 Å². The number of rotatable bonds is 4. The van der Waals surface area contributed by atoms with Crippen LogP contribution in [0, 0.1) is 0 Å². The first kappa shape index (κ1) is 15.4. The smallest absolute Gasteiger partial charge is 0.411 e. The summed E-state index contributed by atoms with van der Waals surface area (Å²) in [6, 6.07) is 17.0. The number of hydrogen-bond donors (Lipinski definition) is 2. The number of carbonyl (C=O) groups excluding carboxylic acids is 1. The largest absolute Gasteiger partial charge is 0.444 e. The van der Waals surface area contributed by atoms with Crippen molar-refractivity contribution in [2.75, 3.05) is 23.3 Å². The fourth-order valence-electron chi connectivity index (χ4n) is 2.59. The van der Waals surface area contributed by atoms with E-state index in [1.165, 1.54) is 0 Å². The van der Waals surface area contributed by atoms with Crippen LogP contribution in [0.2, 0.25) is 0 Å². The number of aliphatic hydroxyl groups is 1. The molecule has 0 atom stereocenters. The van der Waals surface area contributed by atoms with E-state index in [4.69, 9.17) is 4.74 Å². The van der Waals surface area contributed by atoms with E-state index < -0.39 is 11.7 Å². The first-order valence-corrected chi connectivity index (χ1v) is 7.57. The van der Waals surface area contributed by atoms with E-state index in [0.29, 0.717) is 18.8 Å². The third-order valence-electron chi connectivity index (χ3n) is 3.75. The Labute approximate surface area is 135 Å². The Morgan fingerprint density at radius 3 is 2.43 bits per heavy atom. The Bertz CT molecular complexity index is 660. The average Bonchev–Trinajstić information content (AvgIpc) is 2.52. The zero-order valence-electron chi connectivity index (χ0n) is 13.0. The van der Waals surface area contributed by atoms with Crippen LogP contribution in [-0.2, 0) is 11.3 Å². The maximum absolute atomic E-state index is 11.8. The molecule has 0 aromatic heterocycles. The molecule has 2 N–H and O–H groups in total. The number of anilines is 2. The minimum atomic E-state index is -0.599. The first-order valence-electron chi connectivity index (χ1n) is 7.57. The van der Waals surface area contributed by atoms with Crippen molar-refractivity contribution < 1.29 is 14.6 Å². The molecule has 0 spiro atoms. The molecule has 1 saturated heterocycles. The molecule has 120 valence electrons. The van der Waals surface area contributed by atoms with Gasteiger partial charge in [-0.25, -0.2) is 4.79 Å². The summed E-state index contributed by atoms with van der Waals surface area (Å²) in [6.07, 6.45) is -0.478. The number of amides is 1. The lowest BCUT2D eigenvalue weighted by Crippen LogP contribution is -2.60. The van der Waals surface area contributed by atoms with Crippen molar-refractivity contribution in [3.8, 4) is 0 Å². The topological polar surface area (TPSA) is 61.8 Å². The first-order chi connectivity index (χ1) is 11.0. The number of carbonyl (C=O) groups is 1. The SMILES string of the molecule is CC1(O)CN(c2ccc(NC(=O)OCc3ccccc3)cc2)C1. The Kier molecular flexibility index (Phi) is 4.21. The van der Waals surface area contributed by atoms with E-state index in [2.05, 4.69) is 10.2 Å². The highest BCUT2D eigenvalue weighted by atomic mass is 16.5. The zero-order chi connectivity index (χ0) is 16.3. The molecule has 2 aromatic carbocycles. The maximum atomic E-state index is 11.8. The van der Waals surface area contributed by atoms with Gasteiger partial charge in [0.05, 0.1) is 5.60 Å². The Hall–Kier alpha value is -2.53. The highest BCUT2D eigenvalue weighted by Crippen LogP contribution is 2.28. The van der Waals surface area contributed by atoms with Gasteiger partial charge in [0, 0.05) is 24.5 Å². The predicted octanol–water partition coefficient (Wildman–Crippen LogP) is 3.01. The van der Waals surface area contributed by atoms with Crippen LogP contribution < -0.4 is 10.2 Å². The lowest BCUT2D eigenvalue weighted by Gasteiger charge is -2.45. The fourth-order valence-corrected chi connectivity index (χ4v) is 2.59. The minimum Gasteiger partial charge on any atom is -0.444 e. The lowest BCUT2D eigenvalue weighted by atomic mass is 9.96. The molecule has 1 amide bonds. The number of ether oxygens (including phenoxy) is 1. The average molecular weight is 312 g/mol. The Balaban J connectivity index is 1.49. The van der Waals surface area contributed by atoms with Gasteiger partial charge >= 0.3 is 6.09 Å². The van der Waals surface area contributed by atoms with Gasteiger partial charge in [0.1, 0.15) is 6.61 Å². The van der Waals surface area contributed by atoms with Gasteiger partial charge in [0.15, 0.2) is 0 Å². The number of β-amino-alcohol motifs (C(OH)–C–C–N with tert-alkyl or cyclic N) is 1. The second-order valence-corrected chi connectivity index (χ2v) is 6.09. The summed E-state index contributed by atoms with van der Waals surface area (Å²) in [6.45, 7) is 3.31. The highest BCUT2D eigenvalue weighted by molar-refractivity contribution is 5.84. The number of nitrogens with one attached hydrogen (secondary N) is 1. The van der Waals surface area contributed by atoms with Crippen LogP contribution in [0.25, 0.3) is 0 Å². The van der Waals surface area contributed by atoms with Crippen LogP contribution in [-0.4, -0.2) is 29.9 Å². The molecule has 3 rings (SSSR count). The highest BCUT2D eigenvalue weighted by Gasteiger charge is 2.36. The molecule has 0 unspecified atom stereocenters. The summed E-state index contributed by atoms with van der Waals surface area (Å²) in [4.78, 5) is 13.9. The van der Waals surface area contributed by atoms with Crippen LogP contribution in [0.5, 0.6) is 0 Å². The third kappa shape index (κ3) is 4.02. The van der Waals surface area contributed by atoms with Crippen molar-refractivity contribution >= 4 is 17.5 Å². The summed E-state index contributed by atoms with van der Waals surface area (Å²) < 4.78 is 5.18. The molecule has 23 heavy (non-hydrogen) atoms. The maximum Gasteiger partial charge on any atom is 0.411 e. The van der Waals surface area contributed by atoms with Crippen molar-refractivity contribution in [2.24, 2.45) is 0 Å². The molecule has 5 nitrogen and oxygen atoms in total. The van der Waals surface area contributed by atoms with E-state index in [0.717, 1.165) is 11.3 Å². The summed E-state index contributed by atoms with van der Waals surface area (Å²) in [5, 5.41) is 12.5. The summed E-state index contributed by atoms with van der Waals surface area (Å²) in [7, 11) is 0. The van der Waals surface area contributed by atoms with Gasteiger partial charge in [0.2, 0.25) is 0 Å². The van der Waals surface area contributed by atoms with Gasteiger partial charge in [0.25, 0.3) is 0 Å². The molecule has 0 saturated carbocycles. The van der Waals surface area contributed by atoms with Crippen LogP contribution in [0.4, 0.5) is 16.2 Å². The molecule has 2 aromatic rings.